The molecule has 0 unspecified atom stereocenters. The molecule has 41 heavy (non-hydrogen) atoms. The van der Waals surface area contributed by atoms with Gasteiger partial charge in [-0.15, -0.1) is 0 Å². The van der Waals surface area contributed by atoms with E-state index in [9.17, 15) is 22.8 Å². The Morgan fingerprint density at radius 1 is 1.02 bits per heavy atom. The van der Waals surface area contributed by atoms with E-state index in [4.69, 9.17) is 21.1 Å². The van der Waals surface area contributed by atoms with Crippen molar-refractivity contribution in [1.82, 2.24) is 15.0 Å². The summed E-state index contributed by atoms with van der Waals surface area (Å²) in [6.45, 7) is 0. The van der Waals surface area contributed by atoms with E-state index in [2.05, 4.69) is 20.3 Å². The van der Waals surface area contributed by atoms with Gasteiger partial charge in [0.2, 0.25) is 5.88 Å². The number of fused-ring (bicyclic) bond motifs is 1. The molecule has 4 aromatic rings. The van der Waals surface area contributed by atoms with Gasteiger partial charge in [0, 0.05) is 17.3 Å². The predicted molar refractivity (Wildman–Crippen MR) is 146 cm³/mol. The van der Waals surface area contributed by atoms with Gasteiger partial charge in [0.1, 0.15) is 5.75 Å². The molecular formula is C29H22ClF3N4O4. The van der Waals surface area contributed by atoms with E-state index in [1.165, 1.54) is 14.2 Å². The molecule has 1 N–H and O–H groups in total. The zero-order valence-electron chi connectivity index (χ0n) is 21.8. The Bertz CT molecular complexity index is 1660. The minimum absolute atomic E-state index is 0.168. The van der Waals surface area contributed by atoms with Crippen molar-refractivity contribution in [3.8, 4) is 34.0 Å². The molecule has 0 amide bonds. The Balaban J connectivity index is 1.54. The summed E-state index contributed by atoms with van der Waals surface area (Å²) in [5.74, 6) is -0.453. The van der Waals surface area contributed by atoms with Gasteiger partial charge < -0.3 is 14.8 Å². The standard InChI is InChI=1S/C29H22ClF3N4O4/c1-40-23-12-15(6-7-16(23)13-38)25-24(30)20(10-11-34-25)17-4-3-5-19-18(17)8-9-21(19)36-27-26(29(31,32)33)35-22(14-39)28(37-27)41-2/h3-7,10-14,21H,8-9H2,1-2H3,(H,36,37)/t21-/m0/s1. The number of rotatable bonds is 8. The molecule has 1 atom stereocenters. The third-order valence-electron chi connectivity index (χ3n) is 6.86. The van der Waals surface area contributed by atoms with E-state index >= 15 is 0 Å². The minimum atomic E-state index is -4.85. The summed E-state index contributed by atoms with van der Waals surface area (Å²) >= 11 is 6.87. The van der Waals surface area contributed by atoms with Gasteiger partial charge in [-0.1, -0.05) is 35.9 Å². The minimum Gasteiger partial charge on any atom is -0.496 e. The Kier molecular flexibility index (Phi) is 7.63. The molecular weight excluding hydrogens is 561 g/mol. The Morgan fingerprint density at radius 2 is 1.83 bits per heavy atom. The van der Waals surface area contributed by atoms with Crippen LogP contribution in [-0.2, 0) is 12.6 Å². The van der Waals surface area contributed by atoms with E-state index < -0.39 is 29.4 Å². The van der Waals surface area contributed by atoms with Crippen LogP contribution >= 0.6 is 11.6 Å². The second-order valence-electron chi connectivity index (χ2n) is 9.14. The van der Waals surface area contributed by atoms with Crippen molar-refractivity contribution in [3.63, 3.8) is 0 Å². The number of alkyl halides is 3. The van der Waals surface area contributed by atoms with Gasteiger partial charge in [0.05, 0.1) is 36.5 Å². The lowest BCUT2D eigenvalue weighted by molar-refractivity contribution is -0.140. The van der Waals surface area contributed by atoms with E-state index in [1.807, 2.05) is 12.1 Å². The average Bonchev–Trinajstić information content (AvgIpc) is 3.39. The number of ether oxygens (including phenoxy) is 2. The average molecular weight is 583 g/mol. The van der Waals surface area contributed by atoms with Crippen LogP contribution in [0.2, 0.25) is 5.02 Å². The molecule has 5 rings (SSSR count). The first-order chi connectivity index (χ1) is 19.7. The van der Waals surface area contributed by atoms with Crippen LogP contribution in [0.4, 0.5) is 19.0 Å². The number of anilines is 1. The number of hydrogen-bond donors (Lipinski definition) is 1. The third kappa shape index (κ3) is 5.20. The van der Waals surface area contributed by atoms with E-state index in [0.717, 1.165) is 16.7 Å². The van der Waals surface area contributed by atoms with Crippen molar-refractivity contribution in [3.05, 3.63) is 81.8 Å². The Labute approximate surface area is 237 Å². The van der Waals surface area contributed by atoms with Gasteiger partial charge in [-0.3, -0.25) is 14.6 Å². The Hall–Kier alpha value is -4.51. The second-order valence-corrected chi connectivity index (χ2v) is 9.51. The first-order valence-corrected chi connectivity index (χ1v) is 12.7. The monoisotopic (exact) mass is 582 g/mol. The third-order valence-corrected chi connectivity index (χ3v) is 7.24. The summed E-state index contributed by atoms with van der Waals surface area (Å²) in [5, 5.41) is 3.25. The van der Waals surface area contributed by atoms with Crippen molar-refractivity contribution < 1.29 is 32.2 Å². The van der Waals surface area contributed by atoms with Crippen molar-refractivity contribution in [2.45, 2.75) is 25.1 Å². The molecule has 0 aliphatic heterocycles. The number of benzene rings is 2. The van der Waals surface area contributed by atoms with Crippen LogP contribution in [0.5, 0.6) is 11.6 Å². The van der Waals surface area contributed by atoms with Crippen LogP contribution in [0.25, 0.3) is 22.4 Å². The maximum atomic E-state index is 13.8. The Morgan fingerprint density at radius 3 is 2.51 bits per heavy atom. The summed E-state index contributed by atoms with van der Waals surface area (Å²) in [7, 11) is 2.66. The zero-order valence-corrected chi connectivity index (χ0v) is 22.5. The van der Waals surface area contributed by atoms with E-state index in [1.54, 1.807) is 36.5 Å². The molecule has 210 valence electrons. The molecule has 1 aliphatic rings. The fourth-order valence-electron chi connectivity index (χ4n) is 4.99. The predicted octanol–water partition coefficient (Wildman–Crippen LogP) is 6.62. The van der Waals surface area contributed by atoms with Crippen LogP contribution in [0, 0.1) is 0 Å². The summed E-state index contributed by atoms with van der Waals surface area (Å²) < 4.78 is 51.8. The summed E-state index contributed by atoms with van der Waals surface area (Å²) in [5.41, 5.74) is 2.88. The van der Waals surface area contributed by atoms with Crippen molar-refractivity contribution in [1.29, 1.82) is 0 Å². The highest BCUT2D eigenvalue weighted by Crippen LogP contribution is 2.44. The molecule has 2 aromatic carbocycles. The number of nitrogens with zero attached hydrogens (tertiary/aromatic N) is 3. The number of aldehydes is 2. The fraction of sp³-hybridized carbons (Fsp3) is 0.207. The van der Waals surface area contributed by atoms with Crippen molar-refractivity contribution in [2.24, 2.45) is 0 Å². The zero-order chi connectivity index (χ0) is 29.3. The molecule has 0 spiro atoms. The molecule has 8 nitrogen and oxygen atoms in total. The second kappa shape index (κ2) is 11.2. The summed E-state index contributed by atoms with van der Waals surface area (Å²) in [6.07, 6.45) is -1.34. The van der Waals surface area contributed by atoms with Gasteiger partial charge >= 0.3 is 6.18 Å². The van der Waals surface area contributed by atoms with Gasteiger partial charge in [0.15, 0.2) is 29.8 Å². The smallest absolute Gasteiger partial charge is 0.437 e. The maximum Gasteiger partial charge on any atom is 0.437 e. The molecule has 2 aromatic heterocycles. The molecule has 2 heterocycles. The van der Waals surface area contributed by atoms with Crippen LogP contribution in [-0.4, -0.2) is 41.7 Å². The molecule has 0 radical (unpaired) electrons. The first-order valence-electron chi connectivity index (χ1n) is 12.3. The van der Waals surface area contributed by atoms with Crippen LogP contribution in [0.3, 0.4) is 0 Å². The number of aromatic nitrogens is 3. The number of methoxy groups -OCH3 is 2. The number of pyridine rings is 1. The molecule has 1 aliphatic carbocycles. The normalized spacial score (nSPS) is 14.3. The molecule has 0 saturated heterocycles. The number of halogens is 4. The van der Waals surface area contributed by atoms with Gasteiger partial charge in [-0.2, -0.15) is 18.2 Å². The van der Waals surface area contributed by atoms with Crippen LogP contribution in [0.15, 0.2) is 48.7 Å². The van der Waals surface area contributed by atoms with Crippen LogP contribution in [0.1, 0.15) is 50.1 Å². The van der Waals surface area contributed by atoms with Crippen molar-refractivity contribution >= 4 is 30.0 Å². The van der Waals surface area contributed by atoms with Crippen molar-refractivity contribution in [2.75, 3.05) is 19.5 Å². The lowest BCUT2D eigenvalue weighted by Crippen LogP contribution is -2.19. The lowest BCUT2D eigenvalue weighted by atomic mass is 9.95. The number of hydrogen-bond acceptors (Lipinski definition) is 8. The largest absolute Gasteiger partial charge is 0.496 e. The number of carbonyl (C=O) groups excluding carboxylic acids is 2. The number of nitrogens with one attached hydrogen (secondary N) is 1. The molecule has 0 bridgehead atoms. The van der Waals surface area contributed by atoms with E-state index in [-0.39, 0.29) is 12.2 Å². The van der Waals surface area contributed by atoms with Gasteiger partial charge in [-0.05, 0) is 47.7 Å². The topological polar surface area (TPSA) is 103 Å². The highest BCUT2D eigenvalue weighted by molar-refractivity contribution is 6.35. The lowest BCUT2D eigenvalue weighted by Gasteiger charge is -2.20. The van der Waals surface area contributed by atoms with Gasteiger partial charge in [0.25, 0.3) is 0 Å². The van der Waals surface area contributed by atoms with E-state index in [0.29, 0.717) is 52.3 Å². The SMILES string of the molecule is COc1cc(-c2nccc(-c3cccc4c3CC[C@@H]4Nc3nc(OC)c(C=O)nc3C(F)(F)F)c2Cl)ccc1C=O. The number of carbonyl (C=O) groups is 2. The molecule has 0 fully saturated rings. The maximum absolute atomic E-state index is 13.8. The first kappa shape index (κ1) is 28.0. The van der Waals surface area contributed by atoms with Gasteiger partial charge in [-0.25, -0.2) is 4.98 Å². The summed E-state index contributed by atoms with van der Waals surface area (Å²) in [6, 6.07) is 11.8. The fourth-order valence-corrected chi connectivity index (χ4v) is 5.31. The highest BCUT2D eigenvalue weighted by Gasteiger charge is 2.39. The molecule has 12 heteroatoms. The van der Waals surface area contributed by atoms with Crippen LogP contribution < -0.4 is 14.8 Å². The highest BCUT2D eigenvalue weighted by atomic mass is 35.5. The quantitative estimate of drug-likeness (QED) is 0.231. The summed E-state index contributed by atoms with van der Waals surface area (Å²) in [4.78, 5) is 34.4. The molecule has 0 saturated carbocycles.